The van der Waals surface area contributed by atoms with E-state index in [1.165, 1.54) is 28.8 Å². The zero-order chi connectivity index (χ0) is 26.5. The summed E-state index contributed by atoms with van der Waals surface area (Å²) in [6.07, 6.45) is -0.300. The predicted octanol–water partition coefficient (Wildman–Crippen LogP) is 5.53. The van der Waals surface area contributed by atoms with E-state index >= 15 is 0 Å². The Bertz CT molecular complexity index is 1270. The molecule has 5 nitrogen and oxygen atoms in total. The first-order valence-corrected chi connectivity index (χ1v) is 13.8. The van der Waals surface area contributed by atoms with Crippen LogP contribution in [0.5, 0.6) is 0 Å². The number of aryl methyl sites for hydroxylation is 1. The maximum absolute atomic E-state index is 10.5. The van der Waals surface area contributed by atoms with Gasteiger partial charge in [-0.2, -0.15) is 8.42 Å². The second kappa shape index (κ2) is 11.4. The van der Waals surface area contributed by atoms with Crippen LogP contribution in [0.25, 0.3) is 0 Å². The maximum atomic E-state index is 10.5. The molecule has 1 saturated heterocycles. The van der Waals surface area contributed by atoms with E-state index in [0.717, 1.165) is 12.1 Å². The second-order valence-electron chi connectivity index (χ2n) is 9.55. The molecule has 1 aliphatic rings. The van der Waals surface area contributed by atoms with Crippen LogP contribution in [-0.4, -0.2) is 42.2 Å². The number of aliphatic hydroxyl groups excluding tert-OH is 1. The van der Waals surface area contributed by atoms with Crippen LogP contribution in [-0.2, 0) is 15.7 Å². The summed E-state index contributed by atoms with van der Waals surface area (Å²) in [6.45, 7) is 5.50. The van der Waals surface area contributed by atoms with Crippen LogP contribution < -0.4 is 0 Å². The molecule has 2 atom stereocenters. The minimum Gasteiger partial charge on any atom is -0.391 e. The minimum atomic E-state index is -4.02. The van der Waals surface area contributed by atoms with Crippen molar-refractivity contribution < 1.29 is 18.1 Å². The van der Waals surface area contributed by atoms with Gasteiger partial charge in [0.25, 0.3) is 10.1 Å². The van der Waals surface area contributed by atoms with Crippen molar-refractivity contribution in [2.75, 3.05) is 13.1 Å². The molecule has 4 aromatic carbocycles. The average Bonchev–Trinajstić information content (AvgIpc) is 3.24. The van der Waals surface area contributed by atoms with Crippen LogP contribution >= 0.6 is 0 Å². The van der Waals surface area contributed by atoms with Gasteiger partial charge in [-0.1, -0.05) is 116 Å². The number of likely N-dealkylation sites (tertiary alicyclic amines) is 1. The van der Waals surface area contributed by atoms with Crippen molar-refractivity contribution in [3.63, 3.8) is 0 Å². The summed E-state index contributed by atoms with van der Waals surface area (Å²) in [4.78, 5) is 2.38. The van der Waals surface area contributed by atoms with Crippen LogP contribution in [0.2, 0.25) is 0 Å². The number of rotatable bonds is 5. The van der Waals surface area contributed by atoms with Gasteiger partial charge in [0.05, 0.1) is 16.5 Å². The van der Waals surface area contributed by atoms with Gasteiger partial charge in [0.1, 0.15) is 0 Å². The Morgan fingerprint density at radius 2 is 1.11 bits per heavy atom. The predicted molar refractivity (Wildman–Crippen MR) is 147 cm³/mol. The molecule has 192 valence electrons. The monoisotopic (exact) mass is 515 g/mol. The van der Waals surface area contributed by atoms with Crippen molar-refractivity contribution in [1.82, 2.24) is 4.90 Å². The van der Waals surface area contributed by atoms with Gasteiger partial charge in [-0.3, -0.25) is 9.45 Å². The molecule has 1 aliphatic heterocycles. The van der Waals surface area contributed by atoms with Crippen LogP contribution in [0.3, 0.4) is 0 Å². The SMILES string of the molecule is CC1CN(C(c2ccccc2)(c2ccccc2)c2ccccc2)CC1O.Cc1ccc(S(=O)(=O)O)cc1. The average molecular weight is 516 g/mol. The molecule has 0 aliphatic carbocycles. The van der Waals surface area contributed by atoms with Crippen molar-refractivity contribution in [2.24, 2.45) is 5.92 Å². The summed E-state index contributed by atoms with van der Waals surface area (Å²) >= 11 is 0. The number of aliphatic hydroxyl groups is 1. The van der Waals surface area contributed by atoms with Gasteiger partial charge in [0, 0.05) is 13.1 Å². The molecular formula is C31H33NO4S. The lowest BCUT2D eigenvalue weighted by molar-refractivity contribution is 0.131. The molecule has 4 aromatic rings. The Balaban J connectivity index is 0.000000245. The third-order valence-corrected chi connectivity index (χ3v) is 7.81. The van der Waals surface area contributed by atoms with Crippen molar-refractivity contribution in [3.8, 4) is 0 Å². The van der Waals surface area contributed by atoms with Gasteiger partial charge in [-0.05, 0) is 41.7 Å². The van der Waals surface area contributed by atoms with Gasteiger partial charge in [0.15, 0.2) is 0 Å². The largest absolute Gasteiger partial charge is 0.391 e. The van der Waals surface area contributed by atoms with Crippen molar-refractivity contribution in [1.29, 1.82) is 0 Å². The topological polar surface area (TPSA) is 77.8 Å². The van der Waals surface area contributed by atoms with E-state index in [2.05, 4.69) is 103 Å². The highest BCUT2D eigenvalue weighted by Gasteiger charge is 2.46. The third-order valence-electron chi connectivity index (χ3n) is 6.94. The highest BCUT2D eigenvalue weighted by Crippen LogP contribution is 2.44. The Morgan fingerprint density at radius 3 is 1.43 bits per heavy atom. The highest BCUT2D eigenvalue weighted by molar-refractivity contribution is 7.85. The summed E-state index contributed by atoms with van der Waals surface area (Å²) in [5, 5.41) is 10.5. The number of hydrogen-bond acceptors (Lipinski definition) is 4. The smallest absolute Gasteiger partial charge is 0.294 e. The van der Waals surface area contributed by atoms with Crippen molar-refractivity contribution in [3.05, 3.63) is 138 Å². The van der Waals surface area contributed by atoms with E-state index in [1.807, 2.05) is 6.92 Å². The molecule has 5 rings (SSSR count). The van der Waals surface area contributed by atoms with E-state index in [9.17, 15) is 13.5 Å². The summed E-state index contributed by atoms with van der Waals surface area (Å²) in [5.74, 6) is 0.255. The molecule has 1 fully saturated rings. The second-order valence-corrected chi connectivity index (χ2v) is 11.0. The fourth-order valence-corrected chi connectivity index (χ4v) is 5.50. The summed E-state index contributed by atoms with van der Waals surface area (Å²) in [6, 6.07) is 38.0. The lowest BCUT2D eigenvalue weighted by Gasteiger charge is -2.44. The molecule has 0 saturated carbocycles. The number of nitrogens with zero attached hydrogens (tertiary/aromatic N) is 1. The van der Waals surface area contributed by atoms with E-state index in [0.29, 0.717) is 6.54 Å². The molecular weight excluding hydrogens is 482 g/mol. The van der Waals surface area contributed by atoms with E-state index in [4.69, 9.17) is 4.55 Å². The fourth-order valence-electron chi connectivity index (χ4n) is 5.02. The van der Waals surface area contributed by atoms with Gasteiger partial charge < -0.3 is 5.11 Å². The first-order valence-electron chi connectivity index (χ1n) is 12.4. The molecule has 0 radical (unpaired) electrons. The van der Waals surface area contributed by atoms with Crippen molar-refractivity contribution in [2.45, 2.75) is 30.4 Å². The molecule has 37 heavy (non-hydrogen) atoms. The Labute approximate surface area is 219 Å². The normalized spacial score (nSPS) is 18.2. The van der Waals surface area contributed by atoms with Crippen LogP contribution in [0.4, 0.5) is 0 Å². The minimum absolute atomic E-state index is 0.0666. The summed E-state index contributed by atoms with van der Waals surface area (Å²) in [5.41, 5.74) is 4.25. The Kier molecular flexibility index (Phi) is 8.25. The van der Waals surface area contributed by atoms with Gasteiger partial charge >= 0.3 is 0 Å². The standard InChI is InChI=1S/C24H25NO.C7H8O3S/c1-19-17-25(18-23(19)26)24(20-11-5-2-6-12-20,21-13-7-3-8-14-21)22-15-9-4-10-16-22;1-6-2-4-7(5-3-6)11(8,9)10/h2-16,19,23,26H,17-18H2,1H3;2-5H,1H3,(H,8,9,10). The van der Waals surface area contributed by atoms with Crippen LogP contribution in [0.15, 0.2) is 120 Å². The Morgan fingerprint density at radius 1 is 0.703 bits per heavy atom. The molecule has 0 spiro atoms. The summed E-state index contributed by atoms with van der Waals surface area (Å²) < 4.78 is 29.6. The lowest BCUT2D eigenvalue weighted by atomic mass is 9.75. The molecule has 0 aromatic heterocycles. The van der Waals surface area contributed by atoms with Crippen molar-refractivity contribution >= 4 is 10.1 Å². The lowest BCUT2D eigenvalue weighted by Crippen LogP contribution is -2.47. The maximum Gasteiger partial charge on any atom is 0.294 e. The molecule has 2 unspecified atom stereocenters. The van der Waals surface area contributed by atoms with Gasteiger partial charge in [0.2, 0.25) is 0 Å². The fraction of sp³-hybridized carbons (Fsp3) is 0.226. The zero-order valence-electron chi connectivity index (χ0n) is 21.1. The zero-order valence-corrected chi connectivity index (χ0v) is 21.9. The van der Waals surface area contributed by atoms with Crippen LogP contribution in [0, 0.1) is 12.8 Å². The number of β-amino-alcohol motifs (C(OH)–C–C–N with tert-alkyl or cyclic N) is 1. The number of hydrogen-bond donors (Lipinski definition) is 2. The molecule has 6 heteroatoms. The quantitative estimate of drug-likeness (QED) is 0.270. The van der Waals surface area contributed by atoms with Crippen LogP contribution in [0.1, 0.15) is 29.2 Å². The molecule has 0 amide bonds. The van der Waals surface area contributed by atoms with E-state index < -0.39 is 15.7 Å². The Hall–Kier alpha value is -3.29. The first kappa shape index (κ1) is 26.8. The van der Waals surface area contributed by atoms with Gasteiger partial charge in [-0.25, -0.2) is 0 Å². The van der Waals surface area contributed by atoms with Gasteiger partial charge in [-0.15, -0.1) is 0 Å². The first-order chi connectivity index (χ1) is 17.7. The summed E-state index contributed by atoms with van der Waals surface area (Å²) in [7, 11) is -4.02. The highest BCUT2D eigenvalue weighted by atomic mass is 32.2. The van der Waals surface area contributed by atoms with E-state index in [1.54, 1.807) is 12.1 Å². The third kappa shape index (κ3) is 5.84. The van der Waals surface area contributed by atoms with E-state index in [-0.39, 0.29) is 16.9 Å². The molecule has 2 N–H and O–H groups in total. The number of benzene rings is 4. The molecule has 0 bridgehead atoms. The molecule has 1 heterocycles.